The van der Waals surface area contributed by atoms with E-state index in [1.807, 2.05) is 6.07 Å². The van der Waals surface area contributed by atoms with Crippen molar-refractivity contribution in [2.24, 2.45) is 0 Å². The van der Waals surface area contributed by atoms with E-state index >= 15 is 0 Å². The summed E-state index contributed by atoms with van der Waals surface area (Å²) in [4.78, 5) is 0. The molecule has 1 saturated carbocycles. The van der Waals surface area contributed by atoms with Crippen LogP contribution in [0.15, 0.2) is 47.3 Å². The molecule has 0 amide bonds. The molecule has 1 aliphatic rings. The monoisotopic (exact) mass is 227 g/mol. The molecule has 2 heteroatoms. The molecule has 3 rings (SSSR count). The number of hydrogen-bond acceptors (Lipinski definition) is 2. The number of hydrogen-bond donors (Lipinski definition) is 1. The number of benzene rings is 1. The van der Waals surface area contributed by atoms with E-state index in [1.54, 1.807) is 12.5 Å². The molecule has 17 heavy (non-hydrogen) atoms. The van der Waals surface area contributed by atoms with Crippen LogP contribution in [0, 0.1) is 0 Å². The molecule has 1 N–H and O–H groups in total. The topological polar surface area (TPSA) is 25.2 Å². The Morgan fingerprint density at radius 1 is 1.12 bits per heavy atom. The lowest BCUT2D eigenvalue weighted by Gasteiger charge is -2.09. The summed E-state index contributed by atoms with van der Waals surface area (Å²) in [7, 11) is 0. The van der Waals surface area contributed by atoms with E-state index in [2.05, 4.69) is 29.6 Å². The Bertz CT molecular complexity index is 471. The van der Waals surface area contributed by atoms with Gasteiger partial charge in [0.1, 0.15) is 0 Å². The first-order valence-corrected chi connectivity index (χ1v) is 6.23. The molecule has 1 heterocycles. The maximum Gasteiger partial charge on any atom is 0.0947 e. The first-order chi connectivity index (χ1) is 8.43. The lowest BCUT2D eigenvalue weighted by molar-refractivity contribution is 0.560. The van der Waals surface area contributed by atoms with Crippen molar-refractivity contribution < 1.29 is 4.42 Å². The molecule has 0 unspecified atom stereocenters. The third-order valence-corrected chi connectivity index (χ3v) is 3.30. The molecule has 0 spiro atoms. The third-order valence-electron chi connectivity index (χ3n) is 3.30. The number of rotatable bonds is 5. The second kappa shape index (κ2) is 4.76. The van der Waals surface area contributed by atoms with Gasteiger partial charge in [0, 0.05) is 18.7 Å². The molecule has 1 aromatic heterocycles. The van der Waals surface area contributed by atoms with E-state index in [1.165, 1.54) is 29.5 Å². The predicted molar refractivity (Wildman–Crippen MR) is 67.7 cm³/mol. The quantitative estimate of drug-likeness (QED) is 0.846. The van der Waals surface area contributed by atoms with Crippen molar-refractivity contribution in [1.29, 1.82) is 0 Å². The Morgan fingerprint density at radius 3 is 2.76 bits per heavy atom. The summed E-state index contributed by atoms with van der Waals surface area (Å²) >= 11 is 0. The van der Waals surface area contributed by atoms with E-state index in [0.717, 1.165) is 19.0 Å². The molecule has 0 atom stereocenters. The fourth-order valence-corrected chi connectivity index (χ4v) is 2.22. The zero-order chi connectivity index (χ0) is 11.5. The Labute approximate surface area is 102 Å². The van der Waals surface area contributed by atoms with Crippen LogP contribution in [-0.4, -0.2) is 0 Å². The van der Waals surface area contributed by atoms with Crippen molar-refractivity contribution in [3.05, 3.63) is 59.5 Å². The van der Waals surface area contributed by atoms with Crippen LogP contribution in [0.3, 0.4) is 0 Å². The van der Waals surface area contributed by atoms with Crippen LogP contribution in [0.5, 0.6) is 0 Å². The molecule has 1 aromatic carbocycles. The number of furan rings is 1. The standard InChI is InChI=1S/C15H17NO/c1-2-4-15(13-5-6-13)14(3-1)10-16-9-12-7-8-17-11-12/h1-4,7-8,11,13,16H,5-6,9-10H2. The van der Waals surface area contributed by atoms with E-state index in [4.69, 9.17) is 4.42 Å². The zero-order valence-electron chi connectivity index (χ0n) is 9.86. The Morgan fingerprint density at radius 2 is 2.00 bits per heavy atom. The van der Waals surface area contributed by atoms with E-state index in [9.17, 15) is 0 Å². The molecule has 0 radical (unpaired) electrons. The second-order valence-electron chi connectivity index (χ2n) is 4.71. The van der Waals surface area contributed by atoms with Gasteiger partial charge in [0.2, 0.25) is 0 Å². The molecule has 0 saturated heterocycles. The van der Waals surface area contributed by atoms with Crippen LogP contribution in [0.1, 0.15) is 35.4 Å². The Kier molecular flexibility index (Phi) is 2.97. The molecular weight excluding hydrogens is 210 g/mol. The van der Waals surface area contributed by atoms with Crippen LogP contribution >= 0.6 is 0 Å². The van der Waals surface area contributed by atoms with Crippen molar-refractivity contribution in [3.8, 4) is 0 Å². The van der Waals surface area contributed by atoms with Crippen LogP contribution in [0.2, 0.25) is 0 Å². The average molecular weight is 227 g/mol. The summed E-state index contributed by atoms with van der Waals surface area (Å²) in [5.41, 5.74) is 4.18. The maximum absolute atomic E-state index is 5.05. The SMILES string of the molecule is c1ccc(C2CC2)c(CNCc2ccoc2)c1. The van der Waals surface area contributed by atoms with Gasteiger partial charge < -0.3 is 9.73 Å². The van der Waals surface area contributed by atoms with Crippen molar-refractivity contribution in [2.75, 3.05) is 0 Å². The number of nitrogens with one attached hydrogen (secondary N) is 1. The molecule has 0 aliphatic heterocycles. The van der Waals surface area contributed by atoms with Gasteiger partial charge in [-0.05, 0) is 36.0 Å². The van der Waals surface area contributed by atoms with E-state index in [-0.39, 0.29) is 0 Å². The van der Waals surface area contributed by atoms with Crippen molar-refractivity contribution in [3.63, 3.8) is 0 Å². The summed E-state index contributed by atoms with van der Waals surface area (Å²) in [5.74, 6) is 0.821. The summed E-state index contributed by atoms with van der Waals surface area (Å²) in [6.07, 6.45) is 6.23. The highest BCUT2D eigenvalue weighted by Crippen LogP contribution is 2.41. The van der Waals surface area contributed by atoms with Gasteiger partial charge in [-0.3, -0.25) is 0 Å². The summed E-state index contributed by atoms with van der Waals surface area (Å²) < 4.78 is 5.05. The average Bonchev–Trinajstić information content (AvgIpc) is 3.08. The van der Waals surface area contributed by atoms with Crippen molar-refractivity contribution >= 4 is 0 Å². The minimum atomic E-state index is 0.821. The Hall–Kier alpha value is -1.54. The highest BCUT2D eigenvalue weighted by Gasteiger charge is 2.25. The highest BCUT2D eigenvalue weighted by atomic mass is 16.3. The van der Waals surface area contributed by atoms with Gasteiger partial charge in [0.15, 0.2) is 0 Å². The van der Waals surface area contributed by atoms with E-state index < -0.39 is 0 Å². The van der Waals surface area contributed by atoms with Gasteiger partial charge >= 0.3 is 0 Å². The lowest BCUT2D eigenvalue weighted by Crippen LogP contribution is -2.13. The molecule has 1 aliphatic carbocycles. The summed E-state index contributed by atoms with van der Waals surface area (Å²) in [5, 5.41) is 3.47. The molecule has 1 fully saturated rings. The van der Waals surface area contributed by atoms with Gasteiger partial charge in [-0.15, -0.1) is 0 Å². The van der Waals surface area contributed by atoms with Gasteiger partial charge in [-0.1, -0.05) is 24.3 Å². The Balaban J connectivity index is 1.61. The minimum absolute atomic E-state index is 0.821. The highest BCUT2D eigenvalue weighted by molar-refractivity contribution is 5.33. The first kappa shape index (κ1) is 10.6. The maximum atomic E-state index is 5.05. The van der Waals surface area contributed by atoms with Gasteiger partial charge in [-0.2, -0.15) is 0 Å². The van der Waals surface area contributed by atoms with Crippen molar-refractivity contribution in [1.82, 2.24) is 5.32 Å². The fourth-order valence-electron chi connectivity index (χ4n) is 2.22. The second-order valence-corrected chi connectivity index (χ2v) is 4.71. The molecule has 2 aromatic rings. The zero-order valence-corrected chi connectivity index (χ0v) is 9.86. The first-order valence-electron chi connectivity index (χ1n) is 6.23. The molecular formula is C15H17NO. The summed E-state index contributed by atoms with van der Waals surface area (Å²) in [6.45, 7) is 1.81. The van der Waals surface area contributed by atoms with Crippen LogP contribution < -0.4 is 5.32 Å². The minimum Gasteiger partial charge on any atom is -0.472 e. The van der Waals surface area contributed by atoms with Gasteiger partial charge in [0.05, 0.1) is 12.5 Å². The summed E-state index contributed by atoms with van der Waals surface area (Å²) in [6, 6.07) is 10.8. The van der Waals surface area contributed by atoms with Gasteiger partial charge in [0.25, 0.3) is 0 Å². The van der Waals surface area contributed by atoms with Crippen molar-refractivity contribution in [2.45, 2.75) is 31.8 Å². The fraction of sp³-hybridized carbons (Fsp3) is 0.333. The van der Waals surface area contributed by atoms with Crippen LogP contribution in [0.4, 0.5) is 0 Å². The largest absolute Gasteiger partial charge is 0.472 e. The lowest BCUT2D eigenvalue weighted by atomic mass is 10.0. The molecule has 2 nitrogen and oxygen atoms in total. The molecule has 88 valence electrons. The van der Waals surface area contributed by atoms with Crippen LogP contribution in [-0.2, 0) is 13.1 Å². The van der Waals surface area contributed by atoms with Gasteiger partial charge in [-0.25, -0.2) is 0 Å². The predicted octanol–water partition coefficient (Wildman–Crippen LogP) is 3.45. The van der Waals surface area contributed by atoms with Crippen LogP contribution in [0.25, 0.3) is 0 Å². The smallest absolute Gasteiger partial charge is 0.0947 e. The normalized spacial score (nSPS) is 15.1. The van der Waals surface area contributed by atoms with E-state index in [0.29, 0.717) is 0 Å². The third kappa shape index (κ3) is 2.59. The molecule has 0 bridgehead atoms.